The Labute approximate surface area is 316 Å². The fourth-order valence-corrected chi connectivity index (χ4v) is 7.41. The molecule has 0 unspecified atom stereocenters. The van der Waals surface area contributed by atoms with Gasteiger partial charge in [0.2, 0.25) is 0 Å². The Morgan fingerprint density at radius 1 is 0.686 bits per heavy atom. The molecule has 3 aromatic heterocycles. The minimum absolute atomic E-state index is 0. The van der Waals surface area contributed by atoms with E-state index in [-0.39, 0.29) is 37.6 Å². The SMILES string of the molecule is Cc1cc(C)c(-c2cc(-c3ccccn3)nc(-n3c4[c-]c(-c5cccc(C)c5O)c(C(C)(C)C)cc4c4cc(C(C)(C)C)ccc43)c2)c(C)c1.[Pt]. The van der Waals surface area contributed by atoms with Gasteiger partial charge in [-0.05, 0) is 113 Å². The maximum Gasteiger partial charge on any atom is 0.137 e. The van der Waals surface area contributed by atoms with Gasteiger partial charge in [-0.1, -0.05) is 107 Å². The summed E-state index contributed by atoms with van der Waals surface area (Å²) in [6.07, 6.45) is 1.82. The number of pyridine rings is 2. The topological polar surface area (TPSA) is 50.9 Å². The van der Waals surface area contributed by atoms with Crippen molar-refractivity contribution < 1.29 is 26.2 Å². The molecule has 0 saturated heterocycles. The van der Waals surface area contributed by atoms with Crippen LogP contribution in [0.2, 0.25) is 0 Å². The van der Waals surface area contributed by atoms with E-state index in [2.05, 4.69) is 121 Å². The summed E-state index contributed by atoms with van der Waals surface area (Å²) >= 11 is 0. The minimum Gasteiger partial charge on any atom is -0.517 e. The van der Waals surface area contributed by atoms with Crippen molar-refractivity contribution in [3.8, 4) is 45.2 Å². The summed E-state index contributed by atoms with van der Waals surface area (Å²) in [5.74, 6) is 1.08. The molecular formula is C46H46N3OPt-. The van der Waals surface area contributed by atoms with Gasteiger partial charge in [-0.2, -0.15) is 0 Å². The van der Waals surface area contributed by atoms with E-state index >= 15 is 0 Å². The van der Waals surface area contributed by atoms with E-state index in [0.29, 0.717) is 0 Å². The molecule has 0 aliphatic carbocycles. The van der Waals surface area contributed by atoms with Gasteiger partial charge < -0.3 is 9.67 Å². The number of hydrogen-bond donors (Lipinski definition) is 1. The molecule has 0 amide bonds. The van der Waals surface area contributed by atoms with Gasteiger partial charge in [0, 0.05) is 32.8 Å². The number of rotatable bonds is 4. The number of benzene rings is 4. The Morgan fingerprint density at radius 2 is 1.41 bits per heavy atom. The van der Waals surface area contributed by atoms with Crippen LogP contribution in [0.4, 0.5) is 0 Å². The fraction of sp³-hybridized carbons (Fsp3) is 0.261. The van der Waals surface area contributed by atoms with Gasteiger partial charge in [0.05, 0.1) is 17.1 Å². The van der Waals surface area contributed by atoms with Crippen LogP contribution in [0.3, 0.4) is 0 Å². The Bertz CT molecular complexity index is 2420. The molecule has 0 fully saturated rings. The number of aryl methyl sites for hydroxylation is 4. The number of aromatic nitrogens is 3. The van der Waals surface area contributed by atoms with Crippen molar-refractivity contribution in [1.29, 1.82) is 0 Å². The van der Waals surface area contributed by atoms with Crippen molar-refractivity contribution >= 4 is 21.8 Å². The third-order valence-electron chi connectivity index (χ3n) is 9.92. The Kier molecular flexibility index (Phi) is 9.40. The smallest absolute Gasteiger partial charge is 0.137 e. The molecule has 5 heteroatoms. The zero-order valence-electron chi connectivity index (χ0n) is 31.3. The first-order valence-corrected chi connectivity index (χ1v) is 17.5. The van der Waals surface area contributed by atoms with Gasteiger partial charge in [-0.3, -0.25) is 4.98 Å². The van der Waals surface area contributed by atoms with E-state index in [0.717, 1.165) is 66.8 Å². The number of aromatic hydroxyl groups is 1. The van der Waals surface area contributed by atoms with Crippen LogP contribution in [-0.2, 0) is 31.9 Å². The van der Waals surface area contributed by atoms with Gasteiger partial charge in [0.15, 0.2) is 0 Å². The summed E-state index contributed by atoms with van der Waals surface area (Å²) in [7, 11) is 0. The van der Waals surface area contributed by atoms with Crippen LogP contribution in [0.1, 0.15) is 74.9 Å². The summed E-state index contributed by atoms with van der Waals surface area (Å²) < 4.78 is 2.26. The predicted octanol–water partition coefficient (Wildman–Crippen LogP) is 11.9. The van der Waals surface area contributed by atoms with E-state index in [4.69, 9.17) is 9.97 Å². The summed E-state index contributed by atoms with van der Waals surface area (Å²) in [4.78, 5) is 10.1. The second-order valence-electron chi connectivity index (χ2n) is 15.9. The number of fused-ring (bicyclic) bond motifs is 3. The summed E-state index contributed by atoms with van der Waals surface area (Å²) in [5, 5.41) is 13.7. The predicted molar refractivity (Wildman–Crippen MR) is 210 cm³/mol. The molecule has 7 aromatic rings. The third kappa shape index (κ3) is 6.56. The molecule has 1 N–H and O–H groups in total. The van der Waals surface area contributed by atoms with Crippen molar-refractivity contribution in [3.63, 3.8) is 0 Å². The standard InChI is InChI=1S/C46H46N3O.Pt/c1-27-20-29(3)43(30(4)21-27)31-22-39(38-16-11-12-19-47-38)48-42(23-31)49-40-18-17-32(45(5,6)7)24-35(40)36-25-37(46(8,9)10)34(26-41(36)49)33-15-13-14-28(2)44(33)50;/h11-25,50H,1-10H3;/q-1;. The first kappa shape index (κ1) is 36.3. The number of phenols is 1. The molecule has 0 saturated carbocycles. The minimum atomic E-state index is -0.211. The molecule has 0 atom stereocenters. The van der Waals surface area contributed by atoms with Crippen LogP contribution in [0.15, 0.2) is 91.1 Å². The molecule has 0 spiro atoms. The van der Waals surface area contributed by atoms with Crippen molar-refractivity contribution in [3.05, 3.63) is 131 Å². The van der Waals surface area contributed by atoms with E-state index < -0.39 is 0 Å². The van der Waals surface area contributed by atoms with E-state index in [1.54, 1.807) is 0 Å². The van der Waals surface area contributed by atoms with Crippen molar-refractivity contribution in [2.45, 2.75) is 80.1 Å². The molecule has 0 aliphatic rings. The monoisotopic (exact) mass is 851 g/mol. The van der Waals surface area contributed by atoms with Crippen molar-refractivity contribution in [2.75, 3.05) is 0 Å². The van der Waals surface area contributed by atoms with Crippen LogP contribution >= 0.6 is 0 Å². The first-order valence-electron chi connectivity index (χ1n) is 17.5. The average molecular weight is 852 g/mol. The second kappa shape index (κ2) is 13.2. The maximum atomic E-state index is 11.4. The molecule has 4 nitrogen and oxygen atoms in total. The molecule has 0 radical (unpaired) electrons. The van der Waals surface area contributed by atoms with Gasteiger partial charge in [0.1, 0.15) is 5.82 Å². The van der Waals surface area contributed by atoms with Gasteiger partial charge in [0.25, 0.3) is 0 Å². The maximum absolute atomic E-state index is 11.4. The summed E-state index contributed by atoms with van der Waals surface area (Å²) in [6, 6.07) is 33.8. The Morgan fingerprint density at radius 3 is 2.06 bits per heavy atom. The van der Waals surface area contributed by atoms with Crippen LogP contribution in [0, 0.1) is 33.8 Å². The zero-order chi connectivity index (χ0) is 35.7. The third-order valence-corrected chi connectivity index (χ3v) is 9.92. The van der Waals surface area contributed by atoms with Gasteiger partial charge >= 0.3 is 0 Å². The van der Waals surface area contributed by atoms with Crippen molar-refractivity contribution in [1.82, 2.24) is 14.5 Å². The average Bonchev–Trinajstić information content (AvgIpc) is 3.37. The number of para-hydroxylation sites is 1. The molecule has 0 bridgehead atoms. The molecule has 4 aromatic carbocycles. The molecular weight excluding hydrogens is 806 g/mol. The Balaban J connectivity index is 0.00000448. The van der Waals surface area contributed by atoms with Crippen LogP contribution in [-0.4, -0.2) is 19.6 Å². The molecule has 7 rings (SSSR count). The normalized spacial score (nSPS) is 12.0. The van der Waals surface area contributed by atoms with E-state index in [1.165, 1.54) is 27.8 Å². The largest absolute Gasteiger partial charge is 0.517 e. The first-order chi connectivity index (χ1) is 23.6. The molecule has 51 heavy (non-hydrogen) atoms. The quantitative estimate of drug-likeness (QED) is 0.180. The summed E-state index contributed by atoms with van der Waals surface area (Å²) in [5.41, 5.74) is 14.3. The second-order valence-corrected chi connectivity index (χ2v) is 15.9. The van der Waals surface area contributed by atoms with Crippen molar-refractivity contribution in [2.24, 2.45) is 0 Å². The van der Waals surface area contributed by atoms with E-state index in [1.807, 2.05) is 49.5 Å². The van der Waals surface area contributed by atoms with Crippen LogP contribution in [0.5, 0.6) is 5.75 Å². The van der Waals surface area contributed by atoms with Gasteiger partial charge in [-0.15, -0.1) is 23.3 Å². The number of hydrogen-bond acceptors (Lipinski definition) is 3. The molecule has 262 valence electrons. The number of nitrogens with zero attached hydrogens (tertiary/aromatic N) is 3. The zero-order valence-corrected chi connectivity index (χ0v) is 33.5. The van der Waals surface area contributed by atoms with E-state index in [9.17, 15) is 5.11 Å². The van der Waals surface area contributed by atoms with Crippen LogP contribution in [0.25, 0.3) is 61.3 Å². The van der Waals surface area contributed by atoms with Crippen LogP contribution < -0.4 is 0 Å². The van der Waals surface area contributed by atoms with Gasteiger partial charge in [-0.25, -0.2) is 4.98 Å². The Hall–Kier alpha value is -4.53. The molecule has 0 aliphatic heterocycles. The fourth-order valence-electron chi connectivity index (χ4n) is 7.41. The molecule has 3 heterocycles. The number of phenolic OH excluding ortho intramolecular Hbond substituents is 1. The summed E-state index contributed by atoms with van der Waals surface area (Å²) in [6.45, 7) is 21.9.